The number of furan rings is 1. The van der Waals surface area contributed by atoms with Crippen molar-refractivity contribution in [2.75, 3.05) is 0 Å². The summed E-state index contributed by atoms with van der Waals surface area (Å²) in [6, 6.07) is 10.3. The maximum absolute atomic E-state index is 13.1. The van der Waals surface area contributed by atoms with Crippen molar-refractivity contribution in [3.63, 3.8) is 0 Å². The van der Waals surface area contributed by atoms with Crippen LogP contribution in [-0.4, -0.2) is 16.5 Å². The quantitative estimate of drug-likeness (QED) is 0.606. The molecule has 0 radical (unpaired) electrons. The second kappa shape index (κ2) is 7.95. The van der Waals surface area contributed by atoms with Crippen molar-refractivity contribution in [1.82, 2.24) is 15.2 Å². The minimum Gasteiger partial charge on any atom is -0.467 e. The fourth-order valence-electron chi connectivity index (χ4n) is 4.80. The molecule has 3 aromatic rings. The van der Waals surface area contributed by atoms with Gasteiger partial charge in [-0.25, -0.2) is 0 Å². The van der Waals surface area contributed by atoms with Gasteiger partial charge < -0.3 is 14.3 Å². The van der Waals surface area contributed by atoms with Crippen molar-refractivity contribution in [2.24, 2.45) is 11.8 Å². The predicted molar refractivity (Wildman–Crippen MR) is 118 cm³/mol. The van der Waals surface area contributed by atoms with E-state index in [0.29, 0.717) is 18.9 Å². The van der Waals surface area contributed by atoms with Gasteiger partial charge in [-0.2, -0.15) is 0 Å². The summed E-state index contributed by atoms with van der Waals surface area (Å²) in [7, 11) is 0. The van der Waals surface area contributed by atoms with Crippen LogP contribution in [0.15, 0.2) is 47.2 Å². The SMILES string of the molecule is CC(C)C[C@@H]1N[C@H](C(=O)NCc2ccco2)Cc2cn(CC3CC3)c3cccc1c23. The van der Waals surface area contributed by atoms with Crippen LogP contribution in [0.1, 0.15) is 56.0 Å². The normalized spacial score (nSPS) is 21.2. The van der Waals surface area contributed by atoms with E-state index in [4.69, 9.17) is 4.42 Å². The van der Waals surface area contributed by atoms with Crippen LogP contribution in [0.2, 0.25) is 0 Å². The van der Waals surface area contributed by atoms with Crippen LogP contribution in [-0.2, 0) is 24.3 Å². The van der Waals surface area contributed by atoms with Crippen LogP contribution in [0, 0.1) is 11.8 Å². The Kier molecular flexibility index (Phi) is 5.15. The number of hydrogen-bond donors (Lipinski definition) is 2. The summed E-state index contributed by atoms with van der Waals surface area (Å²) < 4.78 is 7.81. The Morgan fingerprint density at radius 2 is 2.13 bits per heavy atom. The highest BCUT2D eigenvalue weighted by Crippen LogP contribution is 2.38. The Morgan fingerprint density at radius 3 is 2.87 bits per heavy atom. The van der Waals surface area contributed by atoms with Crippen LogP contribution < -0.4 is 10.6 Å². The topological polar surface area (TPSA) is 59.2 Å². The van der Waals surface area contributed by atoms with Gasteiger partial charge in [0.25, 0.3) is 0 Å². The molecule has 1 aliphatic heterocycles. The third-order valence-corrected chi connectivity index (χ3v) is 6.41. The highest BCUT2D eigenvalue weighted by molar-refractivity contribution is 5.90. The number of carbonyl (C=O) groups is 1. The molecule has 0 bridgehead atoms. The molecule has 5 heteroatoms. The van der Waals surface area contributed by atoms with E-state index in [2.05, 4.69) is 53.4 Å². The molecule has 1 amide bonds. The number of nitrogens with one attached hydrogen (secondary N) is 2. The summed E-state index contributed by atoms with van der Waals surface area (Å²) in [5.74, 6) is 2.17. The van der Waals surface area contributed by atoms with E-state index < -0.39 is 0 Å². The molecular weight excluding hydrogens is 374 g/mol. The molecule has 1 saturated carbocycles. The van der Waals surface area contributed by atoms with E-state index in [-0.39, 0.29) is 18.0 Å². The van der Waals surface area contributed by atoms with Crippen molar-refractivity contribution >= 4 is 16.8 Å². The lowest BCUT2D eigenvalue weighted by molar-refractivity contribution is -0.123. The second-order valence-electron chi connectivity index (χ2n) is 9.39. The zero-order valence-electron chi connectivity index (χ0n) is 17.9. The minimum absolute atomic E-state index is 0.0380. The molecule has 0 saturated heterocycles. The first-order valence-corrected chi connectivity index (χ1v) is 11.2. The maximum Gasteiger partial charge on any atom is 0.237 e. The van der Waals surface area contributed by atoms with E-state index in [1.165, 1.54) is 34.9 Å². The van der Waals surface area contributed by atoms with Gasteiger partial charge in [0.2, 0.25) is 5.91 Å². The summed E-state index contributed by atoms with van der Waals surface area (Å²) >= 11 is 0. The van der Waals surface area contributed by atoms with Gasteiger partial charge in [0, 0.05) is 29.7 Å². The molecule has 3 heterocycles. The first kappa shape index (κ1) is 19.4. The van der Waals surface area contributed by atoms with Gasteiger partial charge >= 0.3 is 0 Å². The minimum atomic E-state index is -0.254. The zero-order valence-corrected chi connectivity index (χ0v) is 17.9. The molecule has 5 nitrogen and oxygen atoms in total. The summed E-state index contributed by atoms with van der Waals surface area (Å²) in [5.41, 5.74) is 3.95. The number of rotatable bonds is 7. The molecule has 2 aliphatic rings. The fourth-order valence-corrected chi connectivity index (χ4v) is 4.80. The summed E-state index contributed by atoms with van der Waals surface area (Å²) in [5, 5.41) is 8.11. The third kappa shape index (κ3) is 3.91. The Morgan fingerprint density at radius 1 is 1.27 bits per heavy atom. The average molecular weight is 406 g/mol. The van der Waals surface area contributed by atoms with Crippen molar-refractivity contribution in [3.8, 4) is 0 Å². The monoisotopic (exact) mass is 405 g/mol. The van der Waals surface area contributed by atoms with Gasteiger partial charge in [-0.05, 0) is 66.8 Å². The van der Waals surface area contributed by atoms with Crippen LogP contribution in [0.4, 0.5) is 0 Å². The van der Waals surface area contributed by atoms with Gasteiger partial charge in [0.15, 0.2) is 0 Å². The van der Waals surface area contributed by atoms with E-state index in [1.807, 2.05) is 12.1 Å². The molecule has 1 aromatic carbocycles. The van der Waals surface area contributed by atoms with Gasteiger partial charge in [-0.15, -0.1) is 0 Å². The predicted octanol–water partition coefficient (Wildman–Crippen LogP) is 4.56. The second-order valence-corrected chi connectivity index (χ2v) is 9.39. The van der Waals surface area contributed by atoms with E-state index >= 15 is 0 Å². The van der Waals surface area contributed by atoms with Crippen molar-refractivity contribution < 1.29 is 9.21 Å². The molecule has 158 valence electrons. The molecule has 30 heavy (non-hydrogen) atoms. The van der Waals surface area contributed by atoms with Crippen molar-refractivity contribution in [1.29, 1.82) is 0 Å². The third-order valence-electron chi connectivity index (χ3n) is 6.41. The maximum atomic E-state index is 13.1. The lowest BCUT2D eigenvalue weighted by atomic mass is 9.94. The largest absolute Gasteiger partial charge is 0.467 e. The van der Waals surface area contributed by atoms with Gasteiger partial charge in [-0.1, -0.05) is 26.0 Å². The molecule has 2 aromatic heterocycles. The number of hydrogen-bond acceptors (Lipinski definition) is 3. The first-order valence-electron chi connectivity index (χ1n) is 11.2. The van der Waals surface area contributed by atoms with Crippen molar-refractivity contribution in [3.05, 3.63) is 59.7 Å². The molecule has 5 rings (SSSR count). The van der Waals surface area contributed by atoms with E-state index in [0.717, 1.165) is 24.6 Å². The molecule has 2 N–H and O–H groups in total. The number of carbonyl (C=O) groups excluding carboxylic acids is 1. The molecule has 2 atom stereocenters. The average Bonchev–Trinajstić information content (AvgIpc) is 3.29. The molecule has 0 unspecified atom stereocenters. The van der Waals surface area contributed by atoms with Crippen LogP contribution in [0.25, 0.3) is 10.9 Å². The Hall–Kier alpha value is -2.53. The van der Waals surface area contributed by atoms with Gasteiger partial charge in [0.1, 0.15) is 5.76 Å². The van der Waals surface area contributed by atoms with E-state index in [1.54, 1.807) is 6.26 Å². The van der Waals surface area contributed by atoms with Crippen LogP contribution >= 0.6 is 0 Å². The fraction of sp³-hybridized carbons (Fsp3) is 0.480. The number of nitrogens with zero attached hydrogens (tertiary/aromatic N) is 1. The summed E-state index contributed by atoms with van der Waals surface area (Å²) in [6.45, 7) is 6.01. The standard InChI is InChI=1S/C25H31N3O2/c1-16(2)11-21-20-6-3-7-23-24(20)18(15-28(23)14-17-8-9-17)12-22(27-21)25(29)26-13-19-5-4-10-30-19/h3-7,10,15-17,21-22,27H,8-9,11-14H2,1-2H3,(H,26,29)/t21-,22-/m0/s1. The Labute approximate surface area is 177 Å². The summed E-state index contributed by atoms with van der Waals surface area (Å²) in [4.78, 5) is 13.1. The van der Waals surface area contributed by atoms with Crippen LogP contribution in [0.5, 0.6) is 0 Å². The number of benzene rings is 1. The molecule has 0 spiro atoms. The molecular formula is C25H31N3O2. The molecule has 1 aliphatic carbocycles. The Bertz CT molecular complexity index is 1030. The summed E-state index contributed by atoms with van der Waals surface area (Å²) in [6.07, 6.45) is 8.34. The zero-order chi connectivity index (χ0) is 20.7. The van der Waals surface area contributed by atoms with Crippen molar-refractivity contribution in [2.45, 2.75) is 64.7 Å². The first-order chi connectivity index (χ1) is 14.6. The number of aromatic nitrogens is 1. The smallest absolute Gasteiger partial charge is 0.237 e. The van der Waals surface area contributed by atoms with E-state index in [9.17, 15) is 4.79 Å². The molecule has 1 fully saturated rings. The highest BCUT2D eigenvalue weighted by Gasteiger charge is 2.31. The highest BCUT2D eigenvalue weighted by atomic mass is 16.3. The lowest BCUT2D eigenvalue weighted by Gasteiger charge is -2.25. The number of amides is 1. The van der Waals surface area contributed by atoms with Crippen LogP contribution in [0.3, 0.4) is 0 Å². The van der Waals surface area contributed by atoms with Gasteiger partial charge in [0.05, 0.1) is 18.8 Å². The lowest BCUT2D eigenvalue weighted by Crippen LogP contribution is -2.46. The van der Waals surface area contributed by atoms with Gasteiger partial charge in [-0.3, -0.25) is 10.1 Å². The Balaban J connectivity index is 1.47.